The molecule has 0 saturated carbocycles. The molecule has 0 spiro atoms. The first-order chi connectivity index (χ1) is 16.1. The molecule has 174 valence electrons. The maximum absolute atomic E-state index is 12.6. The highest BCUT2D eigenvalue weighted by molar-refractivity contribution is 5.96. The lowest BCUT2D eigenvalue weighted by Crippen LogP contribution is -2.38. The van der Waals surface area contributed by atoms with E-state index in [1.165, 1.54) is 5.56 Å². The third-order valence-electron chi connectivity index (χ3n) is 6.43. The SMILES string of the molecule is CCCNC(=O)c1ccccc1C1CCN(CCN2C=COC(C3=CC=CC(=O)C3)=C2)CC1. The minimum atomic E-state index is 0.0434. The summed E-state index contributed by atoms with van der Waals surface area (Å²) in [5.74, 6) is 1.31. The minimum absolute atomic E-state index is 0.0434. The van der Waals surface area contributed by atoms with E-state index >= 15 is 0 Å². The zero-order chi connectivity index (χ0) is 23.0. The van der Waals surface area contributed by atoms with Crippen LogP contribution in [-0.2, 0) is 9.53 Å². The number of carbonyl (C=O) groups excluding carboxylic acids is 2. The Morgan fingerprint density at radius 1 is 1.18 bits per heavy atom. The van der Waals surface area contributed by atoms with Gasteiger partial charge in [0.1, 0.15) is 12.0 Å². The van der Waals surface area contributed by atoms with Crippen LogP contribution in [0, 0.1) is 0 Å². The van der Waals surface area contributed by atoms with Crippen LogP contribution in [0.25, 0.3) is 0 Å². The van der Waals surface area contributed by atoms with E-state index in [0.717, 1.165) is 62.3 Å². The van der Waals surface area contributed by atoms with Crippen LogP contribution >= 0.6 is 0 Å². The van der Waals surface area contributed by atoms with E-state index in [9.17, 15) is 9.59 Å². The standard InChI is InChI=1S/C27H33N3O3/c1-2-12-28-27(32)25-9-4-3-8-24(25)21-10-13-29(14-11-21)15-16-30-17-18-33-26(20-30)22-6-5-7-23(31)19-22/h3-9,17-18,20-21H,2,10-16,19H2,1H3,(H,28,32). The molecule has 1 aromatic carbocycles. The van der Waals surface area contributed by atoms with Crippen LogP contribution in [0.5, 0.6) is 0 Å². The summed E-state index contributed by atoms with van der Waals surface area (Å²) in [6.45, 7) is 6.63. The van der Waals surface area contributed by atoms with E-state index in [1.807, 2.05) is 36.7 Å². The third kappa shape index (κ3) is 6.02. The summed E-state index contributed by atoms with van der Waals surface area (Å²) in [7, 11) is 0. The molecule has 2 heterocycles. The Kier molecular flexibility index (Phi) is 7.79. The Hall–Kier alpha value is -3.12. The van der Waals surface area contributed by atoms with Gasteiger partial charge in [-0.15, -0.1) is 0 Å². The molecule has 6 heteroatoms. The van der Waals surface area contributed by atoms with Gasteiger partial charge in [0, 0.05) is 49.6 Å². The van der Waals surface area contributed by atoms with Crippen molar-refractivity contribution in [3.63, 3.8) is 0 Å². The minimum Gasteiger partial charge on any atom is -0.462 e. The molecule has 2 aliphatic heterocycles. The van der Waals surface area contributed by atoms with Gasteiger partial charge in [-0.25, -0.2) is 0 Å². The fourth-order valence-corrected chi connectivity index (χ4v) is 4.57. The Balaban J connectivity index is 1.29. The molecule has 0 aromatic heterocycles. The summed E-state index contributed by atoms with van der Waals surface area (Å²) in [5.41, 5.74) is 2.92. The molecule has 1 amide bonds. The number of ketones is 1. The van der Waals surface area contributed by atoms with Gasteiger partial charge in [0.05, 0.1) is 0 Å². The molecule has 0 bridgehead atoms. The fourth-order valence-electron chi connectivity index (χ4n) is 4.57. The van der Waals surface area contributed by atoms with Gasteiger partial charge < -0.3 is 19.9 Å². The van der Waals surface area contributed by atoms with Crippen molar-refractivity contribution >= 4 is 11.7 Å². The number of likely N-dealkylation sites (tertiary alicyclic amines) is 1. The molecule has 0 atom stereocenters. The monoisotopic (exact) mass is 447 g/mol. The summed E-state index contributed by atoms with van der Waals surface area (Å²) in [6, 6.07) is 8.06. The van der Waals surface area contributed by atoms with Gasteiger partial charge >= 0.3 is 0 Å². The van der Waals surface area contributed by atoms with Gasteiger partial charge in [-0.3, -0.25) is 9.59 Å². The first-order valence-electron chi connectivity index (χ1n) is 11.9. The number of nitrogens with one attached hydrogen (secondary N) is 1. The number of benzene rings is 1. The zero-order valence-electron chi connectivity index (χ0n) is 19.3. The van der Waals surface area contributed by atoms with Crippen LogP contribution in [0.15, 0.2) is 72.5 Å². The molecule has 6 nitrogen and oxygen atoms in total. The van der Waals surface area contributed by atoms with Crippen LogP contribution in [0.3, 0.4) is 0 Å². The van der Waals surface area contributed by atoms with Gasteiger partial charge in [-0.05, 0) is 56.0 Å². The predicted molar refractivity (Wildman–Crippen MR) is 129 cm³/mol. The van der Waals surface area contributed by atoms with Gasteiger partial charge in [-0.1, -0.05) is 37.3 Å². The van der Waals surface area contributed by atoms with Crippen molar-refractivity contribution in [1.29, 1.82) is 0 Å². The largest absolute Gasteiger partial charge is 0.462 e. The molecule has 0 radical (unpaired) electrons. The smallest absolute Gasteiger partial charge is 0.251 e. The van der Waals surface area contributed by atoms with E-state index < -0.39 is 0 Å². The topological polar surface area (TPSA) is 61.9 Å². The summed E-state index contributed by atoms with van der Waals surface area (Å²) in [4.78, 5) is 28.9. The molecule has 4 rings (SSSR count). The summed E-state index contributed by atoms with van der Waals surface area (Å²) >= 11 is 0. The summed E-state index contributed by atoms with van der Waals surface area (Å²) in [6.07, 6.45) is 14.4. The van der Waals surface area contributed by atoms with Crippen molar-refractivity contribution in [2.75, 3.05) is 32.7 Å². The lowest BCUT2D eigenvalue weighted by atomic mass is 9.86. The second-order valence-electron chi connectivity index (χ2n) is 8.79. The van der Waals surface area contributed by atoms with E-state index in [-0.39, 0.29) is 11.7 Å². The quantitative estimate of drug-likeness (QED) is 0.650. The van der Waals surface area contributed by atoms with Crippen molar-refractivity contribution in [1.82, 2.24) is 15.1 Å². The van der Waals surface area contributed by atoms with Crippen molar-refractivity contribution in [3.05, 3.63) is 83.6 Å². The number of hydrogen-bond donors (Lipinski definition) is 1. The first-order valence-corrected chi connectivity index (χ1v) is 11.9. The lowest BCUT2D eigenvalue weighted by molar-refractivity contribution is -0.114. The molecular weight excluding hydrogens is 414 g/mol. The average molecular weight is 448 g/mol. The number of rotatable bonds is 8. The molecule has 1 aliphatic carbocycles. The van der Waals surface area contributed by atoms with E-state index in [4.69, 9.17) is 4.74 Å². The highest BCUT2D eigenvalue weighted by Crippen LogP contribution is 2.30. The van der Waals surface area contributed by atoms with Crippen molar-refractivity contribution in [2.45, 2.75) is 38.5 Å². The Morgan fingerprint density at radius 2 is 2.00 bits per heavy atom. The number of ether oxygens (including phenoxy) is 1. The molecule has 0 unspecified atom stereocenters. The highest BCUT2D eigenvalue weighted by Gasteiger charge is 2.24. The van der Waals surface area contributed by atoms with Crippen LogP contribution in [0.1, 0.15) is 54.4 Å². The van der Waals surface area contributed by atoms with E-state index in [1.54, 1.807) is 18.4 Å². The maximum Gasteiger partial charge on any atom is 0.251 e. The second kappa shape index (κ2) is 11.1. The number of amides is 1. The Labute approximate surface area is 196 Å². The number of carbonyl (C=O) groups is 2. The van der Waals surface area contributed by atoms with Gasteiger partial charge in [0.2, 0.25) is 0 Å². The lowest BCUT2D eigenvalue weighted by Gasteiger charge is -2.34. The number of piperidine rings is 1. The normalized spacial score (nSPS) is 19.2. The van der Waals surface area contributed by atoms with Crippen molar-refractivity contribution < 1.29 is 14.3 Å². The summed E-state index contributed by atoms with van der Waals surface area (Å²) < 4.78 is 5.64. The van der Waals surface area contributed by atoms with Gasteiger partial charge in [-0.2, -0.15) is 0 Å². The molecule has 3 aliphatic rings. The van der Waals surface area contributed by atoms with E-state index in [0.29, 0.717) is 18.9 Å². The second-order valence-corrected chi connectivity index (χ2v) is 8.79. The van der Waals surface area contributed by atoms with E-state index in [2.05, 4.69) is 28.1 Å². The molecule has 1 saturated heterocycles. The molecule has 1 aromatic rings. The van der Waals surface area contributed by atoms with Crippen LogP contribution in [-0.4, -0.2) is 54.2 Å². The predicted octanol–water partition coefficient (Wildman–Crippen LogP) is 4.11. The Bertz CT molecular complexity index is 984. The molecule has 1 N–H and O–H groups in total. The van der Waals surface area contributed by atoms with Gasteiger partial charge in [0.15, 0.2) is 5.78 Å². The van der Waals surface area contributed by atoms with Crippen molar-refractivity contribution in [2.24, 2.45) is 0 Å². The van der Waals surface area contributed by atoms with Crippen LogP contribution in [0.2, 0.25) is 0 Å². The van der Waals surface area contributed by atoms with Crippen molar-refractivity contribution in [3.8, 4) is 0 Å². The summed E-state index contributed by atoms with van der Waals surface area (Å²) in [5, 5.41) is 3.02. The number of nitrogens with zero attached hydrogens (tertiary/aromatic N) is 2. The molecule has 1 fully saturated rings. The third-order valence-corrected chi connectivity index (χ3v) is 6.43. The maximum atomic E-state index is 12.6. The zero-order valence-corrected chi connectivity index (χ0v) is 19.3. The number of hydrogen-bond acceptors (Lipinski definition) is 5. The molecular formula is C27H33N3O3. The van der Waals surface area contributed by atoms with Gasteiger partial charge in [0.25, 0.3) is 5.91 Å². The first kappa shape index (κ1) is 23.1. The van der Waals surface area contributed by atoms with Crippen LogP contribution in [0.4, 0.5) is 0 Å². The van der Waals surface area contributed by atoms with Crippen LogP contribution < -0.4 is 5.32 Å². The Morgan fingerprint density at radius 3 is 2.79 bits per heavy atom. The number of allylic oxidation sites excluding steroid dienone is 4. The average Bonchev–Trinajstić information content (AvgIpc) is 2.86. The highest BCUT2D eigenvalue weighted by atomic mass is 16.5. The molecule has 33 heavy (non-hydrogen) atoms. The fraction of sp³-hybridized carbons (Fsp3) is 0.407.